The van der Waals surface area contributed by atoms with Gasteiger partial charge in [-0.05, 0) is 56.4 Å². The molecule has 6 nitrogen and oxygen atoms in total. The van der Waals surface area contributed by atoms with Crippen molar-refractivity contribution in [3.8, 4) is 0 Å². The van der Waals surface area contributed by atoms with E-state index < -0.39 is 0 Å². The quantitative estimate of drug-likeness (QED) is 0.242. The van der Waals surface area contributed by atoms with Crippen LogP contribution in [0.15, 0.2) is 52.4 Å². The van der Waals surface area contributed by atoms with Gasteiger partial charge in [-0.25, -0.2) is 4.98 Å². The topological polar surface area (TPSA) is 73.2 Å². The first-order valence-electron chi connectivity index (χ1n) is 11.6. The van der Waals surface area contributed by atoms with Crippen LogP contribution in [0, 0.1) is 0 Å². The van der Waals surface area contributed by atoms with E-state index in [1.807, 2.05) is 50.2 Å². The molecule has 1 amide bonds. The summed E-state index contributed by atoms with van der Waals surface area (Å²) < 4.78 is 7.30. The SMILES string of the molecule is CCc1cccc(CC)c1NC(=O)CSc1nc2ccccc2c(=O)n1CCCOC(C)C. The molecule has 0 spiro atoms. The number of amides is 1. The number of rotatable bonds is 11. The van der Waals surface area contributed by atoms with Crippen LogP contribution in [0.5, 0.6) is 0 Å². The molecule has 0 unspecified atom stereocenters. The van der Waals surface area contributed by atoms with Crippen LogP contribution >= 0.6 is 11.8 Å². The van der Waals surface area contributed by atoms with E-state index in [0.717, 1.165) is 29.7 Å². The average molecular weight is 468 g/mol. The van der Waals surface area contributed by atoms with Crippen molar-refractivity contribution in [1.82, 2.24) is 9.55 Å². The van der Waals surface area contributed by atoms with Crippen LogP contribution in [-0.2, 0) is 28.9 Å². The highest BCUT2D eigenvalue weighted by Crippen LogP contribution is 2.24. The molecular weight excluding hydrogens is 434 g/mol. The molecule has 1 N–H and O–H groups in total. The molecule has 0 atom stereocenters. The Morgan fingerprint density at radius 3 is 2.45 bits per heavy atom. The molecule has 1 heterocycles. The Bertz CT molecular complexity index is 1130. The van der Waals surface area contributed by atoms with E-state index in [-0.39, 0.29) is 23.3 Å². The Kier molecular flexibility index (Phi) is 9.09. The minimum absolute atomic E-state index is 0.0855. The summed E-state index contributed by atoms with van der Waals surface area (Å²) in [4.78, 5) is 30.7. The molecule has 0 aliphatic rings. The third kappa shape index (κ3) is 6.45. The van der Waals surface area contributed by atoms with E-state index >= 15 is 0 Å². The molecule has 0 fully saturated rings. The highest BCUT2D eigenvalue weighted by molar-refractivity contribution is 7.99. The summed E-state index contributed by atoms with van der Waals surface area (Å²) in [7, 11) is 0. The molecule has 3 aromatic rings. The number of aryl methyl sites for hydroxylation is 2. The van der Waals surface area contributed by atoms with Gasteiger partial charge in [-0.3, -0.25) is 14.2 Å². The van der Waals surface area contributed by atoms with Crippen LogP contribution < -0.4 is 10.9 Å². The first-order chi connectivity index (χ1) is 15.9. The standard InChI is InChI=1S/C26H33N3O3S/c1-5-19-11-9-12-20(6-2)24(19)28-23(30)17-33-26-27-22-14-8-7-13-21(22)25(31)29(26)15-10-16-32-18(3)4/h7-9,11-14,18H,5-6,10,15-17H2,1-4H3,(H,28,30). The molecule has 1 aromatic heterocycles. The molecule has 7 heteroatoms. The van der Waals surface area contributed by atoms with Gasteiger partial charge in [-0.15, -0.1) is 0 Å². The van der Waals surface area contributed by atoms with Crippen LogP contribution in [0.3, 0.4) is 0 Å². The van der Waals surface area contributed by atoms with Gasteiger partial charge in [-0.1, -0.05) is 55.9 Å². The van der Waals surface area contributed by atoms with Gasteiger partial charge in [0.1, 0.15) is 0 Å². The number of aromatic nitrogens is 2. The van der Waals surface area contributed by atoms with E-state index in [1.54, 1.807) is 10.6 Å². The Morgan fingerprint density at radius 1 is 1.09 bits per heavy atom. The average Bonchev–Trinajstić information content (AvgIpc) is 2.81. The zero-order chi connectivity index (χ0) is 23.8. The first-order valence-corrected chi connectivity index (χ1v) is 12.6. The second-order valence-electron chi connectivity index (χ2n) is 8.14. The third-order valence-electron chi connectivity index (χ3n) is 5.40. The second kappa shape index (κ2) is 12.0. The van der Waals surface area contributed by atoms with Gasteiger partial charge < -0.3 is 10.1 Å². The summed E-state index contributed by atoms with van der Waals surface area (Å²) in [6.45, 7) is 9.20. The predicted molar refractivity (Wildman–Crippen MR) is 136 cm³/mol. The Labute approximate surface area is 199 Å². The molecule has 0 saturated heterocycles. The predicted octanol–water partition coefficient (Wildman–Crippen LogP) is 5.07. The molecule has 0 bridgehead atoms. The highest BCUT2D eigenvalue weighted by atomic mass is 32.2. The maximum atomic E-state index is 13.1. The van der Waals surface area contributed by atoms with Crippen molar-refractivity contribution in [2.24, 2.45) is 0 Å². The Hall–Kier alpha value is -2.64. The smallest absolute Gasteiger partial charge is 0.262 e. The lowest BCUT2D eigenvalue weighted by molar-refractivity contribution is -0.113. The van der Waals surface area contributed by atoms with Gasteiger partial charge >= 0.3 is 0 Å². The van der Waals surface area contributed by atoms with Gasteiger partial charge in [0.2, 0.25) is 5.91 Å². The normalized spacial score (nSPS) is 11.3. The van der Waals surface area contributed by atoms with Crippen molar-refractivity contribution in [2.75, 3.05) is 17.7 Å². The molecule has 0 saturated carbocycles. The highest BCUT2D eigenvalue weighted by Gasteiger charge is 2.15. The number of ether oxygens (including phenoxy) is 1. The fourth-order valence-corrected chi connectivity index (χ4v) is 4.53. The summed E-state index contributed by atoms with van der Waals surface area (Å²) in [5.41, 5.74) is 3.71. The second-order valence-corrected chi connectivity index (χ2v) is 9.08. The number of nitrogens with zero attached hydrogens (tertiary/aromatic N) is 2. The monoisotopic (exact) mass is 467 g/mol. The fraction of sp³-hybridized carbons (Fsp3) is 0.423. The maximum absolute atomic E-state index is 13.1. The molecule has 0 radical (unpaired) electrons. The number of nitrogens with one attached hydrogen (secondary N) is 1. The van der Waals surface area contributed by atoms with Crippen molar-refractivity contribution < 1.29 is 9.53 Å². The molecule has 176 valence electrons. The fourth-order valence-electron chi connectivity index (χ4n) is 3.71. The minimum Gasteiger partial charge on any atom is -0.379 e. The van der Waals surface area contributed by atoms with Crippen LogP contribution in [0.1, 0.15) is 45.2 Å². The van der Waals surface area contributed by atoms with Gasteiger partial charge in [0.05, 0.1) is 22.8 Å². The van der Waals surface area contributed by atoms with Gasteiger partial charge in [0.15, 0.2) is 5.16 Å². The summed E-state index contributed by atoms with van der Waals surface area (Å²) in [5, 5.41) is 4.23. The third-order valence-corrected chi connectivity index (χ3v) is 6.38. The minimum atomic E-state index is -0.104. The number of thioether (sulfide) groups is 1. The largest absolute Gasteiger partial charge is 0.379 e. The van der Waals surface area contributed by atoms with E-state index in [2.05, 4.69) is 19.2 Å². The number of anilines is 1. The van der Waals surface area contributed by atoms with E-state index in [9.17, 15) is 9.59 Å². The number of carbonyl (C=O) groups is 1. The van der Waals surface area contributed by atoms with Crippen LogP contribution in [0.4, 0.5) is 5.69 Å². The number of carbonyl (C=O) groups excluding carboxylic acids is 1. The molecule has 2 aromatic carbocycles. The van der Waals surface area contributed by atoms with Gasteiger partial charge in [0.25, 0.3) is 5.56 Å². The molecule has 3 rings (SSSR count). The zero-order valence-electron chi connectivity index (χ0n) is 19.9. The lowest BCUT2D eigenvalue weighted by atomic mass is 10.0. The molecular formula is C26H33N3O3S. The summed E-state index contributed by atoms with van der Waals surface area (Å²) >= 11 is 1.29. The van der Waals surface area contributed by atoms with Crippen LogP contribution in [-0.4, -0.2) is 33.9 Å². The van der Waals surface area contributed by atoms with Crippen molar-refractivity contribution in [1.29, 1.82) is 0 Å². The van der Waals surface area contributed by atoms with Crippen molar-refractivity contribution in [3.05, 3.63) is 63.9 Å². The number of hydrogen-bond donors (Lipinski definition) is 1. The van der Waals surface area contributed by atoms with Crippen LogP contribution in [0.25, 0.3) is 10.9 Å². The van der Waals surface area contributed by atoms with Gasteiger partial charge in [-0.2, -0.15) is 0 Å². The van der Waals surface area contributed by atoms with Crippen molar-refractivity contribution >= 4 is 34.3 Å². The van der Waals surface area contributed by atoms with E-state index in [4.69, 9.17) is 9.72 Å². The summed E-state index contributed by atoms with van der Waals surface area (Å²) in [6.07, 6.45) is 2.54. The van der Waals surface area contributed by atoms with E-state index in [0.29, 0.717) is 35.6 Å². The summed E-state index contributed by atoms with van der Waals surface area (Å²) in [5.74, 6) is 0.0711. The van der Waals surface area contributed by atoms with E-state index in [1.165, 1.54) is 11.8 Å². The number of benzene rings is 2. The van der Waals surface area contributed by atoms with Crippen molar-refractivity contribution in [2.45, 2.75) is 64.8 Å². The van der Waals surface area contributed by atoms with Gasteiger partial charge in [0, 0.05) is 18.8 Å². The van der Waals surface area contributed by atoms with Crippen LogP contribution in [0.2, 0.25) is 0 Å². The number of hydrogen-bond acceptors (Lipinski definition) is 5. The molecule has 0 aliphatic carbocycles. The zero-order valence-corrected chi connectivity index (χ0v) is 20.7. The molecule has 33 heavy (non-hydrogen) atoms. The first kappa shape index (κ1) is 25.0. The Morgan fingerprint density at radius 2 is 1.79 bits per heavy atom. The molecule has 0 aliphatic heterocycles. The summed E-state index contributed by atoms with van der Waals surface area (Å²) in [6, 6.07) is 13.5. The lowest BCUT2D eigenvalue weighted by Crippen LogP contribution is -2.25. The lowest BCUT2D eigenvalue weighted by Gasteiger charge is -2.16. The van der Waals surface area contributed by atoms with Crippen molar-refractivity contribution in [3.63, 3.8) is 0 Å². The Balaban J connectivity index is 1.79. The number of fused-ring (bicyclic) bond motifs is 1. The number of para-hydroxylation sites is 2. The maximum Gasteiger partial charge on any atom is 0.262 e.